The summed E-state index contributed by atoms with van der Waals surface area (Å²) in [6, 6.07) is 19.3. The number of nitrogens with one attached hydrogen (secondary N) is 1. The molecule has 1 heterocycles. The molecule has 1 aliphatic heterocycles. The molecule has 0 spiro atoms. The van der Waals surface area contributed by atoms with Crippen LogP contribution < -0.4 is 10.2 Å². The van der Waals surface area contributed by atoms with Crippen LogP contribution in [0, 0.1) is 5.82 Å². The van der Waals surface area contributed by atoms with Gasteiger partial charge in [0, 0.05) is 23.4 Å². The Morgan fingerprint density at radius 1 is 1.03 bits per heavy atom. The van der Waals surface area contributed by atoms with Gasteiger partial charge in [-0.1, -0.05) is 31.2 Å². The van der Waals surface area contributed by atoms with E-state index >= 15 is 0 Å². The molecule has 4 rings (SSSR count). The number of amides is 1. The summed E-state index contributed by atoms with van der Waals surface area (Å²) >= 11 is 0. The van der Waals surface area contributed by atoms with Gasteiger partial charge in [-0.2, -0.15) is 8.42 Å². The molecule has 0 aromatic heterocycles. The first-order valence-corrected chi connectivity index (χ1v) is 11.2. The largest absolute Gasteiger partial charge is 0.322 e. The van der Waals surface area contributed by atoms with Crippen molar-refractivity contribution in [3.63, 3.8) is 0 Å². The number of benzene rings is 3. The van der Waals surface area contributed by atoms with E-state index < -0.39 is 21.7 Å². The first-order valence-electron chi connectivity index (χ1n) is 9.79. The van der Waals surface area contributed by atoms with Crippen LogP contribution in [0.3, 0.4) is 0 Å². The lowest BCUT2D eigenvalue weighted by atomic mass is 10.1. The van der Waals surface area contributed by atoms with Gasteiger partial charge in [0.25, 0.3) is 15.9 Å². The number of halogens is 1. The summed E-state index contributed by atoms with van der Waals surface area (Å²) in [5.74, 6) is -0.627. The summed E-state index contributed by atoms with van der Waals surface area (Å²) in [7, 11) is -3.95. The summed E-state index contributed by atoms with van der Waals surface area (Å²) in [6.45, 7) is 1.96. The highest BCUT2D eigenvalue weighted by molar-refractivity contribution is 7.90. The topological polar surface area (TPSA) is 78.8 Å². The van der Waals surface area contributed by atoms with Crippen molar-refractivity contribution in [2.75, 3.05) is 10.2 Å². The van der Waals surface area contributed by atoms with Gasteiger partial charge in [0.15, 0.2) is 0 Å². The van der Waals surface area contributed by atoms with E-state index in [1.54, 1.807) is 12.1 Å². The van der Waals surface area contributed by atoms with E-state index in [-0.39, 0.29) is 16.1 Å². The highest BCUT2D eigenvalue weighted by Crippen LogP contribution is 2.39. The molecule has 158 valence electrons. The van der Waals surface area contributed by atoms with E-state index in [2.05, 4.69) is 9.71 Å². The SMILES string of the molecule is CCCC1=NS(=O)(=O)c2cc(NC(=O)c3cccc(F)c3)ccc2N1c1ccccc1. The zero-order valence-electron chi connectivity index (χ0n) is 16.7. The third-order valence-electron chi connectivity index (χ3n) is 4.79. The Balaban J connectivity index is 1.75. The fourth-order valence-corrected chi connectivity index (χ4v) is 4.68. The number of anilines is 3. The van der Waals surface area contributed by atoms with Crippen LogP contribution in [0.15, 0.2) is 82.1 Å². The molecular formula is C23H20FN3O3S. The Bertz CT molecular complexity index is 1270. The second-order valence-electron chi connectivity index (χ2n) is 7.05. The molecule has 3 aromatic carbocycles. The van der Waals surface area contributed by atoms with Crippen LogP contribution in [0.4, 0.5) is 21.5 Å². The van der Waals surface area contributed by atoms with Crippen molar-refractivity contribution in [2.45, 2.75) is 24.7 Å². The highest BCUT2D eigenvalue weighted by Gasteiger charge is 2.31. The van der Waals surface area contributed by atoms with Gasteiger partial charge in [-0.3, -0.25) is 9.69 Å². The Labute approximate surface area is 180 Å². The van der Waals surface area contributed by atoms with E-state index in [1.807, 2.05) is 42.2 Å². The van der Waals surface area contributed by atoms with Crippen LogP contribution in [0.2, 0.25) is 0 Å². The lowest BCUT2D eigenvalue weighted by Gasteiger charge is -2.31. The van der Waals surface area contributed by atoms with Gasteiger partial charge < -0.3 is 5.32 Å². The highest BCUT2D eigenvalue weighted by atomic mass is 32.2. The van der Waals surface area contributed by atoms with Gasteiger partial charge in [-0.15, -0.1) is 4.40 Å². The Morgan fingerprint density at radius 2 is 1.81 bits per heavy atom. The number of sulfonamides is 1. The number of amidine groups is 1. The fraction of sp³-hybridized carbons (Fsp3) is 0.130. The van der Waals surface area contributed by atoms with Crippen LogP contribution in [0.25, 0.3) is 0 Å². The molecular weight excluding hydrogens is 417 g/mol. The maximum Gasteiger partial charge on any atom is 0.286 e. The molecule has 0 fully saturated rings. The van der Waals surface area contributed by atoms with Crippen molar-refractivity contribution < 1.29 is 17.6 Å². The summed E-state index contributed by atoms with van der Waals surface area (Å²) in [5, 5.41) is 2.63. The quantitative estimate of drug-likeness (QED) is 0.601. The maximum atomic E-state index is 13.4. The average Bonchev–Trinajstić information content (AvgIpc) is 2.75. The second-order valence-corrected chi connectivity index (χ2v) is 8.62. The third-order valence-corrected chi connectivity index (χ3v) is 6.13. The van der Waals surface area contributed by atoms with Crippen LogP contribution in [0.1, 0.15) is 30.1 Å². The first-order chi connectivity index (χ1) is 14.9. The number of nitrogens with zero attached hydrogens (tertiary/aromatic N) is 2. The van der Waals surface area contributed by atoms with E-state index in [4.69, 9.17) is 0 Å². The van der Waals surface area contributed by atoms with Crippen molar-refractivity contribution >= 4 is 38.8 Å². The molecule has 1 amide bonds. The monoisotopic (exact) mass is 437 g/mol. The molecule has 0 atom stereocenters. The molecule has 0 saturated heterocycles. The average molecular weight is 437 g/mol. The second kappa shape index (κ2) is 8.31. The molecule has 0 saturated carbocycles. The third kappa shape index (κ3) is 4.20. The number of carbonyl (C=O) groups is 1. The molecule has 0 bridgehead atoms. The number of para-hydroxylation sites is 1. The molecule has 8 heteroatoms. The molecule has 0 aliphatic carbocycles. The van der Waals surface area contributed by atoms with Gasteiger partial charge in [-0.05, 0) is 55.0 Å². The van der Waals surface area contributed by atoms with Crippen molar-refractivity contribution in [1.29, 1.82) is 0 Å². The minimum Gasteiger partial charge on any atom is -0.322 e. The summed E-state index contributed by atoms with van der Waals surface area (Å²) in [5.41, 5.74) is 1.67. The van der Waals surface area contributed by atoms with E-state index in [9.17, 15) is 17.6 Å². The minimum atomic E-state index is -3.95. The lowest BCUT2D eigenvalue weighted by Crippen LogP contribution is -2.31. The van der Waals surface area contributed by atoms with Crippen molar-refractivity contribution in [1.82, 2.24) is 0 Å². The number of fused-ring (bicyclic) bond motifs is 1. The van der Waals surface area contributed by atoms with Crippen molar-refractivity contribution in [2.24, 2.45) is 4.40 Å². The zero-order chi connectivity index (χ0) is 22.0. The number of rotatable bonds is 5. The molecule has 0 unspecified atom stereocenters. The zero-order valence-corrected chi connectivity index (χ0v) is 17.6. The van der Waals surface area contributed by atoms with Crippen molar-refractivity contribution in [3.05, 3.63) is 84.2 Å². The van der Waals surface area contributed by atoms with Crippen LogP contribution in [0.5, 0.6) is 0 Å². The summed E-state index contributed by atoms with van der Waals surface area (Å²) in [6.07, 6.45) is 1.22. The molecule has 31 heavy (non-hydrogen) atoms. The molecule has 3 aromatic rings. The lowest BCUT2D eigenvalue weighted by molar-refractivity contribution is 0.102. The number of hydrogen-bond acceptors (Lipinski definition) is 4. The van der Waals surface area contributed by atoms with Gasteiger partial charge in [-0.25, -0.2) is 4.39 Å². The summed E-state index contributed by atoms with van der Waals surface area (Å²) < 4.78 is 43.3. The number of hydrogen-bond donors (Lipinski definition) is 1. The first kappa shape index (κ1) is 20.7. The van der Waals surface area contributed by atoms with Gasteiger partial charge in [0.05, 0.1) is 5.69 Å². The maximum absolute atomic E-state index is 13.4. The van der Waals surface area contributed by atoms with E-state index in [1.165, 1.54) is 24.3 Å². The fourth-order valence-electron chi connectivity index (χ4n) is 3.43. The van der Waals surface area contributed by atoms with Crippen LogP contribution in [-0.2, 0) is 10.0 Å². The standard InChI is InChI=1S/C23H20FN3O3S/c1-2-7-22-26-31(29,30)21-15-18(25-23(28)16-8-6-9-17(24)14-16)12-13-20(21)27(22)19-10-4-3-5-11-19/h3-6,8-15H,2,7H2,1H3,(H,25,28). The summed E-state index contributed by atoms with van der Waals surface area (Å²) in [4.78, 5) is 14.3. The van der Waals surface area contributed by atoms with Gasteiger partial charge >= 0.3 is 0 Å². The Kier molecular flexibility index (Phi) is 5.56. The minimum absolute atomic E-state index is 0.00625. The Hall–Kier alpha value is -3.52. The van der Waals surface area contributed by atoms with Crippen molar-refractivity contribution in [3.8, 4) is 0 Å². The predicted molar refractivity (Wildman–Crippen MR) is 119 cm³/mol. The molecule has 0 radical (unpaired) electrons. The van der Waals surface area contributed by atoms with Gasteiger partial charge in [0.1, 0.15) is 16.5 Å². The number of carbonyl (C=O) groups excluding carboxylic acids is 1. The van der Waals surface area contributed by atoms with Crippen LogP contribution >= 0.6 is 0 Å². The smallest absolute Gasteiger partial charge is 0.286 e. The van der Waals surface area contributed by atoms with E-state index in [0.29, 0.717) is 17.9 Å². The molecule has 6 nitrogen and oxygen atoms in total. The molecule has 1 aliphatic rings. The molecule has 1 N–H and O–H groups in total. The van der Waals surface area contributed by atoms with Crippen LogP contribution in [-0.4, -0.2) is 20.2 Å². The van der Waals surface area contributed by atoms with Gasteiger partial charge in [0.2, 0.25) is 0 Å². The predicted octanol–water partition coefficient (Wildman–Crippen LogP) is 5.12. The normalized spacial score (nSPS) is 14.5. The van der Waals surface area contributed by atoms with E-state index in [0.717, 1.165) is 18.2 Å². The Morgan fingerprint density at radius 3 is 2.52 bits per heavy atom.